The molecule has 2 aliphatic rings. The van der Waals surface area contributed by atoms with Crippen LogP contribution in [-0.4, -0.2) is 42.2 Å². The summed E-state index contributed by atoms with van der Waals surface area (Å²) < 4.78 is 12.2. The molecule has 0 unspecified atom stereocenters. The third-order valence-electron chi connectivity index (χ3n) is 8.12. The number of amides is 1. The van der Waals surface area contributed by atoms with E-state index in [-0.39, 0.29) is 12.5 Å². The molecular weight excluding hydrogens is 526 g/mol. The van der Waals surface area contributed by atoms with Crippen LogP contribution in [0.2, 0.25) is 0 Å². The van der Waals surface area contributed by atoms with Gasteiger partial charge in [0.05, 0.1) is 6.61 Å². The van der Waals surface area contributed by atoms with E-state index in [1.807, 2.05) is 54.6 Å². The molecular formula is C35H41N3O4. The number of aliphatic hydroxyl groups excluding tert-OH is 1. The Hall–Kier alpha value is -3.94. The highest BCUT2D eigenvalue weighted by Crippen LogP contribution is 2.43. The number of carbonyl (C=O) groups excluding carboxylic acids is 1. The Morgan fingerprint density at radius 1 is 0.976 bits per heavy atom. The van der Waals surface area contributed by atoms with E-state index in [0.29, 0.717) is 37.0 Å². The van der Waals surface area contributed by atoms with Crippen LogP contribution in [0.15, 0.2) is 96.5 Å². The molecule has 0 spiro atoms. The highest BCUT2D eigenvalue weighted by atomic mass is 16.5. The van der Waals surface area contributed by atoms with Gasteiger partial charge in [0.1, 0.15) is 5.75 Å². The monoisotopic (exact) mass is 567 g/mol. The zero-order chi connectivity index (χ0) is 29.2. The summed E-state index contributed by atoms with van der Waals surface area (Å²) in [5.74, 6) is 1.42. The van der Waals surface area contributed by atoms with Gasteiger partial charge in [0.25, 0.3) is 5.91 Å². The van der Waals surface area contributed by atoms with Gasteiger partial charge in [-0.15, -0.1) is 6.58 Å². The van der Waals surface area contributed by atoms with Crippen molar-refractivity contribution in [3.8, 4) is 16.9 Å². The lowest BCUT2D eigenvalue weighted by Gasteiger charge is -2.30. The van der Waals surface area contributed by atoms with E-state index >= 15 is 0 Å². The van der Waals surface area contributed by atoms with E-state index in [0.717, 1.165) is 28.8 Å². The molecule has 0 aromatic heterocycles. The Balaban J connectivity index is 1.42. The minimum Gasteiger partial charge on any atom is -0.494 e. The number of hydrazine groups is 1. The van der Waals surface area contributed by atoms with Crippen LogP contribution in [-0.2, 0) is 9.53 Å². The normalized spacial score (nSPS) is 20.4. The van der Waals surface area contributed by atoms with E-state index in [2.05, 4.69) is 41.7 Å². The highest BCUT2D eigenvalue weighted by molar-refractivity contribution is 6.01. The van der Waals surface area contributed by atoms with Gasteiger partial charge in [-0.05, 0) is 59.7 Å². The number of nitrogens with zero attached hydrogens (tertiary/aromatic N) is 1. The largest absolute Gasteiger partial charge is 0.494 e. The van der Waals surface area contributed by atoms with E-state index in [4.69, 9.17) is 19.6 Å². The number of aliphatic imine (C=N–C) groups is 1. The van der Waals surface area contributed by atoms with Gasteiger partial charge in [0, 0.05) is 31.6 Å². The zero-order valence-electron chi connectivity index (χ0n) is 24.1. The summed E-state index contributed by atoms with van der Waals surface area (Å²) in [6.45, 7) is 5.23. The van der Waals surface area contributed by atoms with Gasteiger partial charge in [-0.3, -0.25) is 10.2 Å². The molecule has 1 amide bonds. The summed E-state index contributed by atoms with van der Waals surface area (Å²) in [7, 11) is 0. The first kappa shape index (κ1) is 29.5. The van der Waals surface area contributed by atoms with Crippen molar-refractivity contribution < 1.29 is 19.4 Å². The first-order chi connectivity index (χ1) is 20.6. The molecule has 3 aromatic rings. The van der Waals surface area contributed by atoms with Gasteiger partial charge in [0.2, 0.25) is 5.90 Å². The van der Waals surface area contributed by atoms with Gasteiger partial charge in [-0.1, -0.05) is 79.9 Å². The Bertz CT molecular complexity index is 1330. The van der Waals surface area contributed by atoms with Gasteiger partial charge < -0.3 is 14.6 Å². The fraction of sp³-hybridized carbons (Fsp3) is 0.371. The second-order valence-electron chi connectivity index (χ2n) is 11.1. The molecule has 5 rings (SSSR count). The van der Waals surface area contributed by atoms with Gasteiger partial charge >= 0.3 is 0 Å². The maximum atomic E-state index is 14.0. The number of benzene rings is 3. The molecule has 3 aromatic carbocycles. The summed E-state index contributed by atoms with van der Waals surface area (Å²) in [5, 5.41) is 9.03. The Morgan fingerprint density at radius 2 is 1.67 bits per heavy atom. The molecule has 7 nitrogen and oxygen atoms in total. The molecule has 2 atom stereocenters. The molecule has 220 valence electrons. The van der Waals surface area contributed by atoms with E-state index in [1.54, 1.807) is 6.08 Å². The number of hydrogen-bond acceptors (Lipinski definition) is 6. The van der Waals surface area contributed by atoms with Crippen molar-refractivity contribution in [3.63, 3.8) is 0 Å². The molecule has 1 aliphatic heterocycles. The van der Waals surface area contributed by atoms with Crippen LogP contribution in [0.25, 0.3) is 11.1 Å². The fourth-order valence-corrected chi connectivity index (χ4v) is 5.79. The molecule has 0 radical (unpaired) electrons. The van der Waals surface area contributed by atoms with E-state index in [1.165, 1.54) is 32.1 Å². The van der Waals surface area contributed by atoms with Crippen LogP contribution in [0.3, 0.4) is 0 Å². The van der Waals surface area contributed by atoms with Gasteiger partial charge in [-0.25, -0.2) is 10.4 Å². The number of ether oxygens (including phenoxy) is 2. The average molecular weight is 568 g/mol. The first-order valence-corrected chi connectivity index (χ1v) is 15.0. The summed E-state index contributed by atoms with van der Waals surface area (Å²) in [4.78, 5) is 19.0. The first-order valence-electron chi connectivity index (χ1n) is 15.0. The summed E-state index contributed by atoms with van der Waals surface area (Å²) in [6, 6.07) is 25.8. The quantitative estimate of drug-likeness (QED) is 0.131. The van der Waals surface area contributed by atoms with Crippen molar-refractivity contribution in [3.05, 3.63) is 103 Å². The average Bonchev–Trinajstić information content (AvgIpc) is 3.43. The number of hydrogen-bond donors (Lipinski definition) is 3. The third-order valence-corrected chi connectivity index (χ3v) is 8.12. The van der Waals surface area contributed by atoms with Crippen molar-refractivity contribution in [2.75, 3.05) is 19.8 Å². The zero-order valence-corrected chi connectivity index (χ0v) is 24.1. The second-order valence-corrected chi connectivity index (χ2v) is 11.1. The topological polar surface area (TPSA) is 92.2 Å². The molecule has 7 heteroatoms. The Labute approximate surface area is 248 Å². The molecule has 1 fully saturated rings. The number of rotatable bonds is 13. The van der Waals surface area contributed by atoms with Crippen molar-refractivity contribution >= 4 is 11.8 Å². The van der Waals surface area contributed by atoms with Crippen molar-refractivity contribution in [2.24, 2.45) is 10.9 Å². The van der Waals surface area contributed by atoms with Crippen molar-refractivity contribution in [2.45, 2.75) is 56.6 Å². The highest BCUT2D eigenvalue weighted by Gasteiger charge is 2.52. The van der Waals surface area contributed by atoms with Crippen LogP contribution in [0.4, 0.5) is 0 Å². The summed E-state index contributed by atoms with van der Waals surface area (Å²) in [6.07, 6.45) is 8.11. The van der Waals surface area contributed by atoms with Crippen LogP contribution >= 0.6 is 0 Å². The standard InChI is InChI=1S/C35H41N3O4/c1-2-22-35(34(40)38-36-25-26-10-5-3-6-11-26)32(29-16-14-28(15-17-29)27-12-7-4-8-13-27)42-33(37-35)30-18-20-31(21-19-30)41-24-9-23-39/h2,4,7-8,12-21,26,32,36,39H,1,3,5-6,9-11,22-25H2,(H,38,40)/t32-,35-/m0/s1. The lowest BCUT2D eigenvalue weighted by Crippen LogP contribution is -2.53. The molecule has 3 N–H and O–H groups in total. The maximum Gasteiger partial charge on any atom is 0.266 e. The number of nitrogens with one attached hydrogen (secondary N) is 2. The lowest BCUT2D eigenvalue weighted by molar-refractivity contribution is -0.130. The smallest absolute Gasteiger partial charge is 0.266 e. The lowest BCUT2D eigenvalue weighted by atomic mass is 9.84. The minimum atomic E-state index is -1.23. The third kappa shape index (κ3) is 6.92. The SMILES string of the molecule is C=CC[C@]1(C(=O)NNCC2CCCCC2)N=C(c2ccc(OCCCO)cc2)O[C@H]1c1ccc(-c2ccccc2)cc1. The van der Waals surface area contributed by atoms with E-state index < -0.39 is 11.6 Å². The van der Waals surface area contributed by atoms with Crippen molar-refractivity contribution in [1.82, 2.24) is 10.9 Å². The van der Waals surface area contributed by atoms with Crippen LogP contribution < -0.4 is 15.6 Å². The molecule has 1 aliphatic carbocycles. The maximum absolute atomic E-state index is 14.0. The van der Waals surface area contributed by atoms with Crippen LogP contribution in [0.1, 0.15) is 62.2 Å². The predicted octanol–water partition coefficient (Wildman–Crippen LogP) is 6.15. The Kier molecular flexibility index (Phi) is 10.1. The van der Waals surface area contributed by atoms with Gasteiger partial charge in [-0.2, -0.15) is 0 Å². The number of carbonyl (C=O) groups is 1. The molecule has 0 bridgehead atoms. The molecule has 1 heterocycles. The van der Waals surface area contributed by atoms with Crippen molar-refractivity contribution in [1.29, 1.82) is 0 Å². The predicted molar refractivity (Wildman–Crippen MR) is 166 cm³/mol. The fourth-order valence-electron chi connectivity index (χ4n) is 5.79. The summed E-state index contributed by atoms with van der Waals surface area (Å²) in [5.41, 5.74) is 8.78. The minimum absolute atomic E-state index is 0.0827. The van der Waals surface area contributed by atoms with Crippen LogP contribution in [0, 0.1) is 5.92 Å². The molecule has 42 heavy (non-hydrogen) atoms. The number of aliphatic hydroxyl groups is 1. The Morgan fingerprint density at radius 3 is 2.36 bits per heavy atom. The molecule has 1 saturated carbocycles. The van der Waals surface area contributed by atoms with Gasteiger partial charge in [0.15, 0.2) is 11.6 Å². The van der Waals surface area contributed by atoms with E-state index in [9.17, 15) is 4.79 Å². The van der Waals surface area contributed by atoms with Crippen LogP contribution in [0.5, 0.6) is 5.75 Å². The molecule has 0 saturated heterocycles. The second kappa shape index (κ2) is 14.3. The summed E-state index contributed by atoms with van der Waals surface area (Å²) >= 11 is 0.